The van der Waals surface area contributed by atoms with Crippen LogP contribution in [-0.2, 0) is 4.74 Å². The Balaban J connectivity index is 1.98. The van der Waals surface area contributed by atoms with Gasteiger partial charge in [-0.05, 0) is 57.6 Å². The van der Waals surface area contributed by atoms with E-state index < -0.39 is 5.60 Å². The van der Waals surface area contributed by atoms with Crippen LogP contribution in [0.2, 0.25) is 0 Å². The van der Waals surface area contributed by atoms with E-state index in [0.717, 1.165) is 13.1 Å². The second kappa shape index (κ2) is 4.82. The van der Waals surface area contributed by atoms with Crippen LogP contribution in [0.15, 0.2) is 12.3 Å². The maximum atomic E-state index is 12.1. The van der Waals surface area contributed by atoms with Gasteiger partial charge in [0.05, 0.1) is 0 Å². The quantitative estimate of drug-likeness (QED) is 0.779. The summed E-state index contributed by atoms with van der Waals surface area (Å²) >= 11 is 0. The molecule has 1 aliphatic carbocycles. The highest BCUT2D eigenvalue weighted by molar-refractivity contribution is 5.68. The zero-order valence-electron chi connectivity index (χ0n) is 11.6. The van der Waals surface area contributed by atoms with Gasteiger partial charge in [0.2, 0.25) is 0 Å². The average molecular weight is 252 g/mol. The van der Waals surface area contributed by atoms with Gasteiger partial charge in [-0.15, -0.1) is 0 Å². The minimum atomic E-state index is -0.413. The van der Waals surface area contributed by atoms with Crippen molar-refractivity contribution in [3.05, 3.63) is 12.3 Å². The maximum Gasteiger partial charge on any atom is 0.410 e. The highest BCUT2D eigenvalue weighted by atomic mass is 16.6. The lowest BCUT2D eigenvalue weighted by molar-refractivity contribution is 0.0112. The van der Waals surface area contributed by atoms with Crippen LogP contribution in [0, 0.1) is 17.8 Å². The Morgan fingerprint density at radius 1 is 1.28 bits per heavy atom. The first-order valence-corrected chi connectivity index (χ1v) is 6.77. The van der Waals surface area contributed by atoms with Crippen LogP contribution < -0.4 is 5.73 Å². The fourth-order valence-corrected chi connectivity index (χ4v) is 3.18. The second-order valence-corrected chi connectivity index (χ2v) is 6.45. The monoisotopic (exact) mass is 252 g/mol. The van der Waals surface area contributed by atoms with E-state index in [1.807, 2.05) is 25.7 Å². The molecule has 2 N–H and O–H groups in total. The number of hydrogen-bond donors (Lipinski definition) is 1. The number of rotatable bonds is 1. The summed E-state index contributed by atoms with van der Waals surface area (Å²) in [5.74, 6) is 1.65. The molecule has 3 atom stereocenters. The van der Waals surface area contributed by atoms with Crippen molar-refractivity contribution in [1.29, 1.82) is 0 Å². The third-order valence-corrected chi connectivity index (χ3v) is 3.89. The topological polar surface area (TPSA) is 55.6 Å². The molecule has 2 rings (SSSR count). The summed E-state index contributed by atoms with van der Waals surface area (Å²) in [5, 5.41) is 0. The minimum Gasteiger partial charge on any atom is -0.444 e. The zero-order chi connectivity index (χ0) is 13.3. The molecule has 1 aliphatic heterocycles. The first-order valence-electron chi connectivity index (χ1n) is 6.77. The van der Waals surface area contributed by atoms with Crippen LogP contribution in [-0.4, -0.2) is 29.7 Å². The smallest absolute Gasteiger partial charge is 0.410 e. The Hall–Kier alpha value is -1.19. The third-order valence-electron chi connectivity index (χ3n) is 3.89. The van der Waals surface area contributed by atoms with E-state index in [-0.39, 0.29) is 6.09 Å². The van der Waals surface area contributed by atoms with Crippen LogP contribution in [0.3, 0.4) is 0 Å². The molecule has 0 aromatic rings. The van der Waals surface area contributed by atoms with E-state index in [1.165, 1.54) is 12.8 Å². The molecule has 2 unspecified atom stereocenters. The number of allylic oxidation sites excluding steroid dienone is 1. The molecule has 102 valence electrons. The van der Waals surface area contributed by atoms with Crippen LogP contribution >= 0.6 is 0 Å². The number of amides is 1. The van der Waals surface area contributed by atoms with E-state index in [0.29, 0.717) is 17.8 Å². The van der Waals surface area contributed by atoms with Crippen molar-refractivity contribution in [2.45, 2.75) is 39.2 Å². The van der Waals surface area contributed by atoms with Gasteiger partial charge in [0.25, 0.3) is 0 Å². The molecule has 4 heteroatoms. The van der Waals surface area contributed by atoms with E-state index in [9.17, 15) is 4.79 Å². The standard InChI is InChI=1S/C14H24N2O2/c1-14(2,3)18-13(17)16-8-10-4-5-11(9-16)12(10)6-7-15/h6-7,10-12H,4-5,8-9,15H2,1-3H3/b7-6+/t10-,11?,12?/m1/s1. The van der Waals surface area contributed by atoms with Gasteiger partial charge in [-0.1, -0.05) is 6.08 Å². The Morgan fingerprint density at radius 2 is 1.83 bits per heavy atom. The fraction of sp³-hybridized carbons (Fsp3) is 0.786. The lowest BCUT2D eigenvalue weighted by atomic mass is 9.85. The van der Waals surface area contributed by atoms with Gasteiger partial charge in [0, 0.05) is 13.1 Å². The number of piperidine rings is 1. The molecule has 1 heterocycles. The van der Waals surface area contributed by atoms with Crippen LogP contribution in [0.5, 0.6) is 0 Å². The summed E-state index contributed by atoms with van der Waals surface area (Å²) in [7, 11) is 0. The first-order chi connectivity index (χ1) is 8.40. The van der Waals surface area contributed by atoms with Crippen LogP contribution in [0.1, 0.15) is 33.6 Å². The Morgan fingerprint density at radius 3 is 2.28 bits per heavy atom. The van der Waals surface area contributed by atoms with Gasteiger partial charge in [-0.25, -0.2) is 4.79 Å². The molecule has 1 saturated heterocycles. The fourth-order valence-electron chi connectivity index (χ4n) is 3.18. The van der Waals surface area contributed by atoms with Crippen LogP contribution in [0.25, 0.3) is 0 Å². The zero-order valence-corrected chi connectivity index (χ0v) is 11.6. The number of carbonyl (C=O) groups excluding carboxylic acids is 1. The average Bonchev–Trinajstić information content (AvgIpc) is 2.49. The lowest BCUT2D eigenvalue weighted by Gasteiger charge is -2.37. The minimum absolute atomic E-state index is 0.172. The predicted octanol–water partition coefficient (Wildman–Crippen LogP) is 2.35. The molecule has 0 radical (unpaired) electrons. The third kappa shape index (κ3) is 2.79. The molecular formula is C14H24N2O2. The summed E-state index contributed by atoms with van der Waals surface area (Å²) in [4.78, 5) is 13.9. The normalized spacial score (nSPS) is 31.9. The van der Waals surface area contributed by atoms with Gasteiger partial charge in [-0.3, -0.25) is 0 Å². The van der Waals surface area contributed by atoms with Crippen molar-refractivity contribution in [1.82, 2.24) is 4.90 Å². The highest BCUT2D eigenvalue weighted by Gasteiger charge is 2.42. The molecule has 0 spiro atoms. The highest BCUT2D eigenvalue weighted by Crippen LogP contribution is 2.42. The Bertz CT molecular complexity index is 332. The van der Waals surface area contributed by atoms with E-state index >= 15 is 0 Å². The van der Waals surface area contributed by atoms with Gasteiger partial charge in [0.1, 0.15) is 5.60 Å². The van der Waals surface area contributed by atoms with Crippen molar-refractivity contribution in [2.75, 3.05) is 13.1 Å². The molecule has 1 amide bonds. The first kappa shape index (κ1) is 13.2. The summed E-state index contributed by atoms with van der Waals surface area (Å²) in [5.41, 5.74) is 5.09. The number of carbonyl (C=O) groups is 1. The van der Waals surface area contributed by atoms with Crippen molar-refractivity contribution in [3.63, 3.8) is 0 Å². The summed E-state index contributed by atoms with van der Waals surface area (Å²) in [6, 6.07) is 0. The second-order valence-electron chi connectivity index (χ2n) is 6.45. The molecule has 18 heavy (non-hydrogen) atoms. The van der Waals surface area contributed by atoms with Gasteiger partial charge >= 0.3 is 6.09 Å². The maximum absolute atomic E-state index is 12.1. The molecule has 0 aromatic carbocycles. The van der Waals surface area contributed by atoms with Gasteiger partial charge < -0.3 is 15.4 Å². The number of nitrogens with two attached hydrogens (primary N) is 1. The lowest BCUT2D eigenvalue weighted by Crippen LogP contribution is -2.46. The molecule has 2 bridgehead atoms. The van der Waals surface area contributed by atoms with E-state index in [4.69, 9.17) is 10.5 Å². The molecule has 4 nitrogen and oxygen atoms in total. The molecule has 2 fully saturated rings. The SMILES string of the molecule is CC(C)(C)OC(=O)N1CC2CC[C@H](C1)C2/C=C/N. The summed E-state index contributed by atoms with van der Waals surface area (Å²) in [6.45, 7) is 7.33. The summed E-state index contributed by atoms with van der Waals surface area (Å²) in [6.07, 6.45) is 5.97. The summed E-state index contributed by atoms with van der Waals surface area (Å²) < 4.78 is 5.44. The van der Waals surface area contributed by atoms with Crippen molar-refractivity contribution < 1.29 is 9.53 Å². The Labute approximate surface area is 109 Å². The van der Waals surface area contributed by atoms with E-state index in [1.54, 1.807) is 6.20 Å². The molecule has 0 aromatic heterocycles. The van der Waals surface area contributed by atoms with Crippen molar-refractivity contribution >= 4 is 6.09 Å². The molecule has 1 saturated carbocycles. The number of hydrogen-bond acceptors (Lipinski definition) is 3. The van der Waals surface area contributed by atoms with Crippen molar-refractivity contribution in [3.8, 4) is 0 Å². The predicted molar refractivity (Wildman–Crippen MR) is 70.8 cm³/mol. The van der Waals surface area contributed by atoms with Crippen LogP contribution in [0.4, 0.5) is 4.79 Å². The number of fused-ring (bicyclic) bond motifs is 2. The number of nitrogens with zero attached hydrogens (tertiary/aromatic N) is 1. The van der Waals surface area contributed by atoms with Crippen molar-refractivity contribution in [2.24, 2.45) is 23.5 Å². The largest absolute Gasteiger partial charge is 0.444 e. The van der Waals surface area contributed by atoms with Gasteiger partial charge in [-0.2, -0.15) is 0 Å². The van der Waals surface area contributed by atoms with Gasteiger partial charge in [0.15, 0.2) is 0 Å². The molecular weight excluding hydrogens is 228 g/mol. The molecule has 2 aliphatic rings. The van der Waals surface area contributed by atoms with E-state index in [2.05, 4.69) is 6.08 Å². The Kier molecular flexibility index (Phi) is 3.55. The number of likely N-dealkylation sites (tertiary alicyclic amines) is 1. The number of ether oxygens (including phenoxy) is 1.